The van der Waals surface area contributed by atoms with E-state index in [4.69, 9.17) is 4.74 Å². The fourth-order valence-electron chi connectivity index (χ4n) is 2.66. The Morgan fingerprint density at radius 3 is 2.54 bits per heavy atom. The molecular weight excluding hydrogens is 402 g/mol. The zero-order valence-electron chi connectivity index (χ0n) is 15.0. The molecule has 3 N–H and O–H groups in total. The van der Waals surface area contributed by atoms with Gasteiger partial charge < -0.3 is 10.1 Å². The highest BCUT2D eigenvalue weighted by Gasteiger charge is 2.28. The highest BCUT2D eigenvalue weighted by molar-refractivity contribution is 7.92. The van der Waals surface area contributed by atoms with E-state index in [-0.39, 0.29) is 46.5 Å². The molecule has 0 aliphatic carbocycles. The van der Waals surface area contributed by atoms with Crippen molar-refractivity contribution >= 4 is 38.1 Å². The second kappa shape index (κ2) is 9.23. The highest BCUT2D eigenvalue weighted by atomic mass is 35.5. The van der Waals surface area contributed by atoms with Gasteiger partial charge in [0.15, 0.2) is 0 Å². The number of anilines is 1. The number of nitrogens with one attached hydrogen (secondary N) is 3. The first kappa shape index (κ1) is 23.0. The minimum Gasteiger partial charge on any atom is -0.495 e. The van der Waals surface area contributed by atoms with Crippen molar-refractivity contribution in [2.24, 2.45) is 5.92 Å². The minimum absolute atomic E-state index is 0. The number of methoxy groups -OCH3 is 1. The van der Waals surface area contributed by atoms with Gasteiger partial charge >= 0.3 is 0 Å². The zero-order valence-corrected chi connectivity index (χ0v) is 17.4. The van der Waals surface area contributed by atoms with E-state index >= 15 is 0 Å². The lowest BCUT2D eigenvalue weighted by molar-refractivity contribution is 0.327. The van der Waals surface area contributed by atoms with Crippen LogP contribution in [0.5, 0.6) is 5.75 Å². The topological polar surface area (TPSA) is 114 Å². The average molecular weight is 428 g/mol. The van der Waals surface area contributed by atoms with Crippen molar-refractivity contribution in [3.05, 3.63) is 18.2 Å². The van der Waals surface area contributed by atoms with Crippen LogP contribution in [-0.4, -0.2) is 48.8 Å². The summed E-state index contributed by atoms with van der Waals surface area (Å²) in [6.07, 6.45) is 0.705. The normalized spacial score (nSPS) is 20.9. The number of benzene rings is 1. The first-order chi connectivity index (χ1) is 11.7. The number of sulfonamides is 2. The maximum Gasteiger partial charge on any atom is 0.244 e. The van der Waals surface area contributed by atoms with Crippen LogP contribution in [0, 0.1) is 5.92 Å². The van der Waals surface area contributed by atoms with Crippen LogP contribution in [0.15, 0.2) is 23.1 Å². The number of rotatable bonds is 7. The number of ether oxygens (including phenoxy) is 1. The predicted octanol–water partition coefficient (Wildman–Crippen LogP) is 1.15. The van der Waals surface area contributed by atoms with E-state index in [0.717, 1.165) is 13.1 Å². The van der Waals surface area contributed by atoms with Crippen LogP contribution < -0.4 is 19.5 Å². The Bertz CT molecular complexity index is 815. The summed E-state index contributed by atoms with van der Waals surface area (Å²) >= 11 is 0. The summed E-state index contributed by atoms with van der Waals surface area (Å²) in [5.41, 5.74) is 0.257. The van der Waals surface area contributed by atoms with Gasteiger partial charge in [0.1, 0.15) is 10.6 Å². The van der Waals surface area contributed by atoms with Crippen LogP contribution in [-0.2, 0) is 20.0 Å². The molecule has 0 bridgehead atoms. The minimum atomic E-state index is -3.78. The van der Waals surface area contributed by atoms with Crippen LogP contribution in [0.3, 0.4) is 0 Å². The van der Waals surface area contributed by atoms with Gasteiger partial charge in [0.05, 0.1) is 18.6 Å². The van der Waals surface area contributed by atoms with Crippen molar-refractivity contribution in [2.75, 3.05) is 30.7 Å². The van der Waals surface area contributed by atoms with Crippen molar-refractivity contribution in [3.63, 3.8) is 0 Å². The van der Waals surface area contributed by atoms with E-state index in [0.29, 0.717) is 6.42 Å². The molecule has 8 nitrogen and oxygen atoms in total. The molecule has 26 heavy (non-hydrogen) atoms. The van der Waals surface area contributed by atoms with Crippen molar-refractivity contribution in [1.29, 1.82) is 0 Å². The van der Waals surface area contributed by atoms with E-state index in [1.165, 1.54) is 32.2 Å². The molecule has 1 saturated heterocycles. The molecule has 2 rings (SSSR count). The highest BCUT2D eigenvalue weighted by Crippen LogP contribution is 2.28. The Labute approximate surface area is 161 Å². The molecule has 0 radical (unpaired) electrons. The lowest BCUT2D eigenvalue weighted by Gasteiger charge is -2.30. The third-order valence-corrected chi connectivity index (χ3v) is 7.03. The first-order valence-electron chi connectivity index (χ1n) is 8.10. The summed E-state index contributed by atoms with van der Waals surface area (Å²) in [5.74, 6) is 0.181. The smallest absolute Gasteiger partial charge is 0.244 e. The van der Waals surface area contributed by atoms with Crippen molar-refractivity contribution in [2.45, 2.75) is 31.2 Å². The van der Waals surface area contributed by atoms with E-state index in [1.807, 2.05) is 6.92 Å². The Hall–Kier alpha value is -1.07. The van der Waals surface area contributed by atoms with Crippen molar-refractivity contribution in [1.82, 2.24) is 10.0 Å². The molecule has 1 heterocycles. The second-order valence-electron chi connectivity index (χ2n) is 6.07. The number of hydrogen-bond donors (Lipinski definition) is 3. The fraction of sp³-hybridized carbons (Fsp3) is 0.600. The Morgan fingerprint density at radius 2 is 1.96 bits per heavy atom. The SMILES string of the molecule is CCS(=O)(=O)Nc1ccc(S(=O)(=O)NC2CCNCC2C)c(OC)c1.Cl. The molecule has 0 spiro atoms. The molecule has 1 aromatic rings. The third kappa shape index (κ3) is 5.71. The summed E-state index contributed by atoms with van der Waals surface area (Å²) < 4.78 is 59.1. The van der Waals surface area contributed by atoms with E-state index in [9.17, 15) is 16.8 Å². The van der Waals surface area contributed by atoms with Crippen LogP contribution in [0.1, 0.15) is 20.3 Å². The molecule has 2 unspecified atom stereocenters. The van der Waals surface area contributed by atoms with Crippen LogP contribution >= 0.6 is 12.4 Å². The number of halogens is 1. The molecule has 150 valence electrons. The molecule has 0 amide bonds. The van der Waals surface area contributed by atoms with E-state index in [1.54, 1.807) is 0 Å². The number of piperidine rings is 1. The van der Waals surface area contributed by atoms with Crippen LogP contribution in [0.4, 0.5) is 5.69 Å². The largest absolute Gasteiger partial charge is 0.495 e. The standard InChI is InChI=1S/C15H25N3O5S2.ClH/c1-4-24(19,20)17-12-5-6-15(14(9-12)23-3)25(21,22)18-13-7-8-16-10-11(13)2;/h5-6,9,11,13,16-18H,4,7-8,10H2,1-3H3;1H. The molecule has 1 aliphatic heterocycles. The van der Waals surface area contributed by atoms with Crippen molar-refractivity contribution < 1.29 is 21.6 Å². The Kier molecular flexibility index (Phi) is 8.15. The van der Waals surface area contributed by atoms with Crippen molar-refractivity contribution in [3.8, 4) is 5.75 Å². The maximum atomic E-state index is 12.7. The molecule has 11 heteroatoms. The van der Waals surface area contributed by atoms with Gasteiger partial charge in [0.25, 0.3) is 0 Å². The van der Waals surface area contributed by atoms with Gasteiger partial charge in [0, 0.05) is 12.1 Å². The van der Waals surface area contributed by atoms with Gasteiger partial charge in [-0.3, -0.25) is 4.72 Å². The molecule has 1 aromatic carbocycles. The molecule has 2 atom stereocenters. The monoisotopic (exact) mass is 427 g/mol. The first-order valence-corrected chi connectivity index (χ1v) is 11.2. The van der Waals surface area contributed by atoms with Gasteiger partial charge in [-0.2, -0.15) is 0 Å². The Morgan fingerprint density at radius 1 is 1.27 bits per heavy atom. The quantitative estimate of drug-likeness (QED) is 0.601. The molecule has 1 aliphatic rings. The maximum absolute atomic E-state index is 12.7. The van der Waals surface area contributed by atoms with Crippen LogP contribution in [0.25, 0.3) is 0 Å². The Balaban J connectivity index is 0.00000338. The van der Waals surface area contributed by atoms with Gasteiger partial charge in [-0.05, 0) is 44.5 Å². The summed E-state index contributed by atoms with van der Waals surface area (Å²) in [7, 11) is -5.89. The van der Waals surface area contributed by atoms with Gasteiger partial charge in [0.2, 0.25) is 20.0 Å². The molecule has 1 fully saturated rings. The predicted molar refractivity (Wildman–Crippen MR) is 104 cm³/mol. The number of hydrogen-bond acceptors (Lipinski definition) is 6. The summed E-state index contributed by atoms with van der Waals surface area (Å²) in [5, 5.41) is 3.22. The molecule has 0 saturated carbocycles. The van der Waals surface area contributed by atoms with Crippen LogP contribution in [0.2, 0.25) is 0 Å². The van der Waals surface area contributed by atoms with E-state index < -0.39 is 20.0 Å². The summed E-state index contributed by atoms with van der Waals surface area (Å²) in [4.78, 5) is -0.0137. The lowest BCUT2D eigenvalue weighted by atomic mass is 9.97. The average Bonchev–Trinajstić information content (AvgIpc) is 2.56. The van der Waals surface area contributed by atoms with Gasteiger partial charge in [-0.1, -0.05) is 6.92 Å². The molecule has 0 aromatic heterocycles. The lowest BCUT2D eigenvalue weighted by Crippen LogP contribution is -2.48. The van der Waals surface area contributed by atoms with Gasteiger partial charge in [-0.15, -0.1) is 12.4 Å². The zero-order chi connectivity index (χ0) is 18.7. The second-order valence-corrected chi connectivity index (χ2v) is 9.76. The summed E-state index contributed by atoms with van der Waals surface area (Å²) in [6.45, 7) is 5.01. The van der Waals surface area contributed by atoms with Gasteiger partial charge in [-0.25, -0.2) is 21.6 Å². The fourth-order valence-corrected chi connectivity index (χ4v) is 4.82. The molecular formula is C15H26ClN3O5S2. The van der Waals surface area contributed by atoms with E-state index in [2.05, 4.69) is 14.8 Å². The summed E-state index contributed by atoms with van der Waals surface area (Å²) in [6, 6.07) is 3.97. The third-order valence-electron chi connectivity index (χ3n) is 4.20.